The average molecular weight is 433 g/mol. The third-order valence-corrected chi connectivity index (χ3v) is 5.29. The first kappa shape index (κ1) is 17.0. The zero-order valence-corrected chi connectivity index (χ0v) is 15.8. The Morgan fingerprint density at radius 1 is 1.12 bits per heavy atom. The molecule has 8 heteroatoms. The molecule has 0 radical (unpaired) electrons. The second-order valence-electron chi connectivity index (χ2n) is 5.56. The van der Waals surface area contributed by atoms with Gasteiger partial charge in [-0.15, -0.1) is 0 Å². The Bertz CT molecular complexity index is 914. The van der Waals surface area contributed by atoms with Crippen LogP contribution in [0, 0.1) is 0 Å². The number of nitrogens with zero attached hydrogens (tertiary/aromatic N) is 1. The second kappa shape index (κ2) is 7.05. The molecule has 0 spiro atoms. The molecule has 2 aromatic rings. The van der Waals surface area contributed by atoms with Crippen LogP contribution in [0.5, 0.6) is 11.5 Å². The molecule has 6 nitrogen and oxygen atoms in total. The second-order valence-corrected chi connectivity index (χ2v) is 7.47. The minimum Gasteiger partial charge on any atom is -0.454 e. The van der Waals surface area contributed by atoms with E-state index in [-0.39, 0.29) is 24.6 Å². The van der Waals surface area contributed by atoms with Gasteiger partial charge in [-0.1, -0.05) is 22.0 Å². The van der Waals surface area contributed by atoms with Gasteiger partial charge in [-0.2, -0.15) is 0 Å². The van der Waals surface area contributed by atoms with E-state index in [1.807, 2.05) is 30.3 Å². The Labute approximate surface area is 162 Å². The van der Waals surface area contributed by atoms with E-state index in [0.717, 1.165) is 27.5 Å². The maximum Gasteiger partial charge on any atom is 0.295 e. The predicted octanol–water partition coefficient (Wildman–Crippen LogP) is 4.28. The summed E-state index contributed by atoms with van der Waals surface area (Å²) < 4.78 is 11.6. The summed E-state index contributed by atoms with van der Waals surface area (Å²) in [7, 11) is 0. The summed E-state index contributed by atoms with van der Waals surface area (Å²) >= 11 is 4.29. The highest BCUT2D eigenvalue weighted by Crippen LogP contribution is 2.36. The van der Waals surface area contributed by atoms with Gasteiger partial charge in [0.15, 0.2) is 11.5 Å². The van der Waals surface area contributed by atoms with Crippen molar-refractivity contribution in [3.63, 3.8) is 0 Å². The Balaban J connectivity index is 1.47. The van der Waals surface area contributed by atoms with Crippen molar-refractivity contribution in [2.45, 2.75) is 0 Å². The van der Waals surface area contributed by atoms with E-state index < -0.39 is 0 Å². The zero-order chi connectivity index (χ0) is 18.1. The summed E-state index contributed by atoms with van der Waals surface area (Å²) in [6.45, 7) is 0.307. The normalized spacial score (nSPS) is 17.3. The fraction of sp³-hybridized carbons (Fsp3) is 0.111. The maximum atomic E-state index is 12.5. The lowest BCUT2D eigenvalue weighted by Crippen LogP contribution is -2.33. The number of amides is 2. The highest BCUT2D eigenvalue weighted by Gasteiger charge is 2.34. The minimum absolute atomic E-state index is 0.116. The predicted molar refractivity (Wildman–Crippen MR) is 103 cm³/mol. The third kappa shape index (κ3) is 3.42. The number of halogens is 1. The molecule has 2 aliphatic rings. The first-order chi connectivity index (χ1) is 12.6. The van der Waals surface area contributed by atoms with E-state index in [9.17, 15) is 9.59 Å². The Hall–Kier alpha value is -2.45. The minimum atomic E-state index is -0.317. The van der Waals surface area contributed by atoms with Crippen molar-refractivity contribution < 1.29 is 19.1 Å². The molecule has 2 aliphatic heterocycles. The number of ether oxygens (including phenoxy) is 2. The van der Waals surface area contributed by atoms with E-state index >= 15 is 0 Å². The first-order valence-corrected chi connectivity index (χ1v) is 9.35. The number of benzene rings is 2. The lowest BCUT2D eigenvalue weighted by atomic mass is 10.2. The van der Waals surface area contributed by atoms with Crippen molar-refractivity contribution in [3.05, 3.63) is 57.4 Å². The number of nitrogens with one attached hydrogen (secondary N) is 1. The van der Waals surface area contributed by atoms with E-state index in [4.69, 9.17) is 9.47 Å². The summed E-state index contributed by atoms with van der Waals surface area (Å²) in [5.74, 6) is 0.992. The Morgan fingerprint density at radius 3 is 2.69 bits per heavy atom. The molecular weight excluding hydrogens is 420 g/mol. The van der Waals surface area contributed by atoms with Gasteiger partial charge in [0.25, 0.3) is 11.1 Å². The van der Waals surface area contributed by atoms with Crippen molar-refractivity contribution in [2.24, 2.45) is 0 Å². The highest BCUT2D eigenvalue weighted by atomic mass is 79.9. The summed E-state index contributed by atoms with van der Waals surface area (Å²) in [4.78, 5) is 26.3. The number of thioether (sulfide) groups is 1. The number of hydrogen-bond acceptors (Lipinski definition) is 6. The standard InChI is InChI=1S/C18H13BrN2O4S/c19-12-2-4-13(5-3-12)20-9-21-17(22)16(26-18(21)23)8-11-1-6-14-15(7-11)25-10-24-14/h1-8,20H,9-10H2/b16-8+. The molecule has 4 rings (SSSR count). The molecule has 26 heavy (non-hydrogen) atoms. The molecule has 132 valence electrons. The Kier molecular flexibility index (Phi) is 4.60. The van der Waals surface area contributed by atoms with Crippen LogP contribution in [0.4, 0.5) is 10.5 Å². The number of carbonyl (C=O) groups excluding carboxylic acids is 2. The molecule has 0 aromatic heterocycles. The van der Waals surface area contributed by atoms with Gasteiger partial charge in [0.1, 0.15) is 0 Å². The molecule has 0 saturated carbocycles. The summed E-state index contributed by atoms with van der Waals surface area (Å²) in [6.07, 6.45) is 1.69. The lowest BCUT2D eigenvalue weighted by Gasteiger charge is -2.14. The van der Waals surface area contributed by atoms with Crippen LogP contribution < -0.4 is 14.8 Å². The summed E-state index contributed by atoms with van der Waals surface area (Å²) in [6, 6.07) is 12.9. The van der Waals surface area contributed by atoms with E-state index in [1.54, 1.807) is 18.2 Å². The number of anilines is 1. The van der Waals surface area contributed by atoms with E-state index in [2.05, 4.69) is 21.2 Å². The quantitative estimate of drug-likeness (QED) is 0.726. The van der Waals surface area contributed by atoms with Crippen molar-refractivity contribution in [1.29, 1.82) is 0 Å². The van der Waals surface area contributed by atoms with Crippen LogP contribution in [0.15, 0.2) is 51.8 Å². The van der Waals surface area contributed by atoms with Crippen molar-refractivity contribution in [1.82, 2.24) is 4.90 Å². The molecule has 1 saturated heterocycles. The van der Waals surface area contributed by atoms with Gasteiger partial charge >= 0.3 is 0 Å². The van der Waals surface area contributed by atoms with Crippen molar-refractivity contribution >= 4 is 50.6 Å². The molecule has 1 fully saturated rings. The molecule has 0 aliphatic carbocycles. The van der Waals surface area contributed by atoms with Crippen LogP contribution in [0.3, 0.4) is 0 Å². The highest BCUT2D eigenvalue weighted by molar-refractivity contribution is 9.10. The topological polar surface area (TPSA) is 67.9 Å². The Morgan fingerprint density at radius 2 is 1.88 bits per heavy atom. The molecule has 2 amide bonds. The SMILES string of the molecule is O=C1S/C(=C/c2ccc3c(c2)OCO3)C(=O)N1CNc1ccc(Br)cc1. The average Bonchev–Trinajstić information content (AvgIpc) is 3.20. The van der Waals surface area contributed by atoms with Crippen molar-refractivity contribution in [3.8, 4) is 11.5 Å². The fourth-order valence-electron chi connectivity index (χ4n) is 2.53. The van der Waals surface area contributed by atoms with E-state index in [0.29, 0.717) is 16.4 Å². The van der Waals surface area contributed by atoms with Crippen LogP contribution in [0.2, 0.25) is 0 Å². The molecular formula is C18H13BrN2O4S. The van der Waals surface area contributed by atoms with E-state index in [1.165, 1.54) is 4.90 Å². The van der Waals surface area contributed by atoms with Crippen LogP contribution in [0.1, 0.15) is 5.56 Å². The van der Waals surface area contributed by atoms with Gasteiger partial charge in [-0.05, 0) is 59.8 Å². The fourth-order valence-corrected chi connectivity index (χ4v) is 3.63. The summed E-state index contributed by atoms with van der Waals surface area (Å²) in [5, 5.41) is 2.78. The molecule has 0 unspecified atom stereocenters. The molecule has 2 heterocycles. The third-order valence-electron chi connectivity index (χ3n) is 3.85. The number of imide groups is 1. The summed E-state index contributed by atoms with van der Waals surface area (Å²) in [5.41, 5.74) is 1.60. The van der Waals surface area contributed by atoms with Crippen molar-refractivity contribution in [2.75, 3.05) is 18.8 Å². The zero-order valence-electron chi connectivity index (χ0n) is 13.4. The van der Waals surface area contributed by atoms with Crippen LogP contribution in [-0.2, 0) is 4.79 Å². The van der Waals surface area contributed by atoms with Crippen LogP contribution in [-0.4, -0.2) is 29.5 Å². The largest absolute Gasteiger partial charge is 0.454 e. The van der Waals surface area contributed by atoms with Gasteiger partial charge in [0.05, 0.1) is 11.6 Å². The molecule has 0 atom stereocenters. The van der Waals surface area contributed by atoms with Gasteiger partial charge in [0, 0.05) is 10.2 Å². The van der Waals surface area contributed by atoms with Gasteiger partial charge in [-0.25, -0.2) is 0 Å². The number of rotatable bonds is 4. The first-order valence-electron chi connectivity index (χ1n) is 7.74. The molecule has 0 bridgehead atoms. The monoisotopic (exact) mass is 432 g/mol. The van der Waals surface area contributed by atoms with Gasteiger partial charge in [0.2, 0.25) is 6.79 Å². The number of carbonyl (C=O) groups is 2. The van der Waals surface area contributed by atoms with Crippen LogP contribution in [0.25, 0.3) is 6.08 Å². The number of hydrogen-bond donors (Lipinski definition) is 1. The molecule has 2 aromatic carbocycles. The maximum absolute atomic E-state index is 12.5. The number of fused-ring (bicyclic) bond motifs is 1. The van der Waals surface area contributed by atoms with Gasteiger partial charge < -0.3 is 14.8 Å². The smallest absolute Gasteiger partial charge is 0.295 e. The van der Waals surface area contributed by atoms with Crippen LogP contribution >= 0.6 is 27.7 Å². The lowest BCUT2D eigenvalue weighted by molar-refractivity contribution is -0.122. The van der Waals surface area contributed by atoms with Gasteiger partial charge in [-0.3, -0.25) is 14.5 Å². The molecule has 1 N–H and O–H groups in total.